The number of carbonyl (C=O) groups excluding carboxylic acids is 1. The van der Waals surface area contributed by atoms with Gasteiger partial charge in [-0.25, -0.2) is 4.98 Å². The summed E-state index contributed by atoms with van der Waals surface area (Å²) < 4.78 is 16.9. The van der Waals surface area contributed by atoms with Crippen molar-refractivity contribution in [2.45, 2.75) is 46.4 Å². The molecule has 31 heavy (non-hydrogen) atoms. The third kappa shape index (κ3) is 6.77. The first-order valence-corrected chi connectivity index (χ1v) is 11.3. The summed E-state index contributed by atoms with van der Waals surface area (Å²) in [5.41, 5.74) is 1.75. The summed E-state index contributed by atoms with van der Waals surface area (Å²) in [6, 6.07) is 7.48. The van der Waals surface area contributed by atoms with Crippen LogP contribution in [0, 0.1) is 12.8 Å². The number of ether oxygens (including phenoxy) is 2. The van der Waals surface area contributed by atoms with Gasteiger partial charge in [0.2, 0.25) is 11.8 Å². The molecule has 7 nitrogen and oxygen atoms in total. The van der Waals surface area contributed by atoms with E-state index in [1.165, 1.54) is 0 Å². The zero-order valence-corrected chi connectivity index (χ0v) is 19.3. The molecule has 0 aliphatic carbocycles. The van der Waals surface area contributed by atoms with Gasteiger partial charge in [-0.2, -0.15) is 0 Å². The highest BCUT2D eigenvalue weighted by atomic mass is 35.5. The van der Waals surface area contributed by atoms with Gasteiger partial charge >= 0.3 is 0 Å². The summed E-state index contributed by atoms with van der Waals surface area (Å²) in [7, 11) is 0. The number of likely N-dealkylation sites (tertiary alicyclic amines) is 1. The molecule has 0 saturated carbocycles. The molecule has 0 bridgehead atoms. The van der Waals surface area contributed by atoms with Gasteiger partial charge in [-0.3, -0.25) is 9.69 Å². The Hall–Kier alpha value is -1.93. The smallest absolute Gasteiger partial charge is 0.226 e. The van der Waals surface area contributed by atoms with Gasteiger partial charge in [-0.1, -0.05) is 17.7 Å². The molecule has 1 N–H and O–H groups in total. The number of rotatable bonds is 10. The minimum atomic E-state index is -0.402. The molecule has 1 aliphatic heterocycles. The van der Waals surface area contributed by atoms with E-state index in [0.717, 1.165) is 36.4 Å². The maximum Gasteiger partial charge on any atom is 0.226 e. The second kappa shape index (κ2) is 11.6. The number of nitrogens with zero attached hydrogens (tertiary/aromatic N) is 2. The first-order chi connectivity index (χ1) is 15.0. The van der Waals surface area contributed by atoms with E-state index >= 15 is 0 Å². The summed E-state index contributed by atoms with van der Waals surface area (Å²) >= 11 is 6.09. The van der Waals surface area contributed by atoms with Crippen LogP contribution in [0.3, 0.4) is 0 Å². The highest BCUT2D eigenvalue weighted by Gasteiger charge is 2.27. The number of nitrogens with one attached hydrogen (secondary N) is 1. The van der Waals surface area contributed by atoms with Crippen LogP contribution in [0.2, 0.25) is 5.02 Å². The highest BCUT2D eigenvalue weighted by molar-refractivity contribution is 6.30. The molecule has 170 valence electrons. The lowest BCUT2D eigenvalue weighted by molar-refractivity contribution is -0.143. The molecule has 1 saturated heterocycles. The Morgan fingerprint density at radius 2 is 2.13 bits per heavy atom. The molecule has 2 heterocycles. The maximum absolute atomic E-state index is 12.7. The summed E-state index contributed by atoms with van der Waals surface area (Å²) in [5.74, 6) is 1.35. The Bertz CT molecular complexity index is 851. The molecule has 1 fully saturated rings. The lowest BCUT2D eigenvalue weighted by atomic mass is 9.97. The average molecular weight is 450 g/mol. The Kier molecular flexibility index (Phi) is 8.90. The zero-order chi connectivity index (χ0) is 22.2. The van der Waals surface area contributed by atoms with Gasteiger partial charge in [0.25, 0.3) is 0 Å². The third-order valence-electron chi connectivity index (χ3n) is 5.36. The molecule has 0 unspecified atom stereocenters. The number of carbonyl (C=O) groups is 1. The van der Waals surface area contributed by atoms with Crippen molar-refractivity contribution < 1.29 is 18.7 Å². The lowest BCUT2D eigenvalue weighted by Gasteiger charge is -2.31. The van der Waals surface area contributed by atoms with Crippen molar-refractivity contribution in [2.24, 2.45) is 5.92 Å². The molecule has 1 aromatic heterocycles. The first-order valence-electron chi connectivity index (χ1n) is 11.0. The van der Waals surface area contributed by atoms with E-state index in [1.807, 2.05) is 45.0 Å². The predicted octanol–water partition coefficient (Wildman–Crippen LogP) is 4.03. The normalized spacial score (nSPS) is 17.3. The summed E-state index contributed by atoms with van der Waals surface area (Å²) in [6.45, 7) is 9.49. The van der Waals surface area contributed by atoms with Gasteiger partial charge in [0.15, 0.2) is 6.29 Å². The molecule has 8 heteroatoms. The number of piperidine rings is 1. The van der Waals surface area contributed by atoms with Gasteiger partial charge in [0, 0.05) is 36.9 Å². The molecule has 1 amide bonds. The predicted molar refractivity (Wildman–Crippen MR) is 120 cm³/mol. The van der Waals surface area contributed by atoms with Crippen molar-refractivity contribution in [2.75, 3.05) is 32.8 Å². The van der Waals surface area contributed by atoms with E-state index in [1.54, 1.807) is 0 Å². The SMILES string of the molecule is CCOC(CNC(=O)[C@@H]1CCCN(Cc2nc(-c3cccc(Cl)c3)oc2C)C1)OCC. The second-order valence-electron chi connectivity index (χ2n) is 7.69. The van der Waals surface area contributed by atoms with Crippen LogP contribution in [-0.2, 0) is 20.8 Å². The number of oxazole rings is 1. The molecule has 2 aromatic rings. The molecular weight excluding hydrogens is 418 g/mol. The van der Waals surface area contributed by atoms with Crippen LogP contribution in [0.4, 0.5) is 0 Å². The number of aryl methyl sites for hydroxylation is 1. The monoisotopic (exact) mass is 449 g/mol. The number of benzene rings is 1. The minimum Gasteiger partial charge on any atom is -0.441 e. The summed E-state index contributed by atoms with van der Waals surface area (Å²) in [4.78, 5) is 19.7. The fourth-order valence-electron chi connectivity index (χ4n) is 3.81. The van der Waals surface area contributed by atoms with E-state index in [9.17, 15) is 4.79 Å². The first kappa shape index (κ1) is 23.7. The lowest BCUT2D eigenvalue weighted by Crippen LogP contribution is -2.45. The molecule has 3 rings (SSSR count). The Morgan fingerprint density at radius 3 is 2.84 bits per heavy atom. The largest absolute Gasteiger partial charge is 0.441 e. The highest BCUT2D eigenvalue weighted by Crippen LogP contribution is 2.26. The molecule has 0 radical (unpaired) electrons. The van der Waals surface area contributed by atoms with Crippen molar-refractivity contribution in [1.29, 1.82) is 0 Å². The van der Waals surface area contributed by atoms with Crippen LogP contribution >= 0.6 is 11.6 Å². The van der Waals surface area contributed by atoms with Crippen LogP contribution in [-0.4, -0.2) is 54.9 Å². The third-order valence-corrected chi connectivity index (χ3v) is 5.60. The van der Waals surface area contributed by atoms with Crippen molar-refractivity contribution in [3.8, 4) is 11.5 Å². The number of amides is 1. The number of halogens is 1. The number of aromatic nitrogens is 1. The zero-order valence-electron chi connectivity index (χ0n) is 18.5. The van der Waals surface area contributed by atoms with Crippen molar-refractivity contribution in [1.82, 2.24) is 15.2 Å². The molecule has 1 aromatic carbocycles. The van der Waals surface area contributed by atoms with Crippen LogP contribution < -0.4 is 5.32 Å². The topological polar surface area (TPSA) is 76.8 Å². The van der Waals surface area contributed by atoms with Crippen LogP contribution in [0.1, 0.15) is 38.1 Å². The van der Waals surface area contributed by atoms with E-state index in [2.05, 4.69) is 15.2 Å². The van der Waals surface area contributed by atoms with Gasteiger partial charge in [0.05, 0.1) is 18.2 Å². The van der Waals surface area contributed by atoms with Crippen molar-refractivity contribution in [3.05, 3.63) is 40.7 Å². The quantitative estimate of drug-likeness (QED) is 0.552. The Balaban J connectivity index is 1.57. The standard InChI is InChI=1S/C23H32ClN3O4/c1-4-29-21(30-5-2)13-25-22(28)18-9-7-11-27(14-18)15-20-16(3)31-23(26-20)17-8-6-10-19(24)12-17/h6,8,10,12,18,21H,4-5,7,9,11,13-15H2,1-3H3,(H,25,28)/t18-/m1/s1. The van der Waals surface area contributed by atoms with E-state index in [-0.39, 0.29) is 11.8 Å². The number of hydrogen-bond acceptors (Lipinski definition) is 6. The maximum atomic E-state index is 12.7. The Morgan fingerprint density at radius 1 is 1.35 bits per heavy atom. The molecule has 0 spiro atoms. The molecule has 1 atom stereocenters. The van der Waals surface area contributed by atoms with Crippen molar-refractivity contribution in [3.63, 3.8) is 0 Å². The minimum absolute atomic E-state index is 0.0468. The molecule has 1 aliphatic rings. The molecular formula is C23H32ClN3O4. The van der Waals surface area contributed by atoms with Crippen LogP contribution in [0.5, 0.6) is 0 Å². The van der Waals surface area contributed by atoms with Gasteiger partial charge in [-0.05, 0) is 58.4 Å². The summed E-state index contributed by atoms with van der Waals surface area (Å²) in [5, 5.41) is 3.64. The van der Waals surface area contributed by atoms with E-state index in [4.69, 9.17) is 25.5 Å². The van der Waals surface area contributed by atoms with Gasteiger partial charge in [-0.15, -0.1) is 0 Å². The fraction of sp³-hybridized carbons (Fsp3) is 0.565. The average Bonchev–Trinajstić information content (AvgIpc) is 3.12. The Labute approximate surface area is 189 Å². The van der Waals surface area contributed by atoms with Crippen LogP contribution in [0.25, 0.3) is 11.5 Å². The summed E-state index contributed by atoms with van der Waals surface area (Å²) in [6.07, 6.45) is 1.44. The van der Waals surface area contributed by atoms with Crippen molar-refractivity contribution >= 4 is 17.5 Å². The fourth-order valence-corrected chi connectivity index (χ4v) is 4.00. The van der Waals surface area contributed by atoms with E-state index < -0.39 is 6.29 Å². The van der Waals surface area contributed by atoms with Crippen LogP contribution in [0.15, 0.2) is 28.7 Å². The van der Waals surface area contributed by atoms with Gasteiger partial charge < -0.3 is 19.2 Å². The second-order valence-corrected chi connectivity index (χ2v) is 8.13. The van der Waals surface area contributed by atoms with E-state index in [0.29, 0.717) is 43.8 Å². The number of hydrogen-bond donors (Lipinski definition) is 1. The van der Waals surface area contributed by atoms with Gasteiger partial charge in [0.1, 0.15) is 5.76 Å².